The highest BCUT2D eigenvalue weighted by Gasteiger charge is 1.86. The molecule has 0 saturated carbocycles. The van der Waals surface area contributed by atoms with E-state index in [4.69, 9.17) is 5.73 Å². The van der Waals surface area contributed by atoms with Crippen molar-refractivity contribution in [3.05, 3.63) is 26.9 Å². The molecule has 0 unspecified atom stereocenters. The Hall–Kier alpha value is -1.52. The molecule has 1 aromatic heterocycles. The van der Waals surface area contributed by atoms with Crippen molar-refractivity contribution in [1.82, 2.24) is 9.97 Å². The second kappa shape index (κ2) is 2.86. The van der Waals surface area contributed by atoms with E-state index in [2.05, 4.69) is 4.98 Å². The largest absolute Gasteiger partial charge is 0.385 e. The lowest BCUT2D eigenvalue weighted by Gasteiger charge is -1.85. The van der Waals surface area contributed by atoms with Crippen LogP contribution in [0, 0.1) is 0 Å². The van der Waals surface area contributed by atoms with E-state index in [0.29, 0.717) is 0 Å². The molecule has 0 saturated heterocycles. The average molecular weight is 143 g/mol. The van der Waals surface area contributed by atoms with Crippen LogP contribution < -0.4 is 17.0 Å². The summed E-state index contributed by atoms with van der Waals surface area (Å²) in [6.45, 7) is 0. The number of H-pyrrole nitrogens is 2. The van der Waals surface area contributed by atoms with Crippen LogP contribution in [0.5, 0.6) is 0 Å². The number of nitrogens with one attached hydrogen (secondary N) is 2. The first-order valence-corrected chi connectivity index (χ1v) is 2.27. The quantitative estimate of drug-likeness (QED) is 0.447. The molecule has 0 aromatic carbocycles. The Morgan fingerprint density at radius 2 is 1.90 bits per heavy atom. The van der Waals surface area contributed by atoms with Gasteiger partial charge in [0.2, 0.25) is 0 Å². The molecule has 1 heterocycles. The number of nitrogen functional groups attached to an aromatic ring is 1. The van der Waals surface area contributed by atoms with Crippen molar-refractivity contribution < 1.29 is 0 Å². The maximum absolute atomic E-state index is 10.4. The molecule has 0 spiro atoms. The van der Waals surface area contributed by atoms with Gasteiger partial charge in [0.25, 0.3) is 5.56 Å². The van der Waals surface area contributed by atoms with E-state index in [-0.39, 0.29) is 13.2 Å². The van der Waals surface area contributed by atoms with Gasteiger partial charge in [0, 0.05) is 6.07 Å². The van der Waals surface area contributed by atoms with Gasteiger partial charge < -0.3 is 5.73 Å². The van der Waals surface area contributed by atoms with E-state index in [9.17, 15) is 9.59 Å². The highest BCUT2D eigenvalue weighted by molar-refractivity contribution is 5.22. The number of nitrogens with two attached hydrogens (primary N) is 1. The molecule has 5 nitrogen and oxygen atoms in total. The molecule has 0 bridgehead atoms. The van der Waals surface area contributed by atoms with Crippen molar-refractivity contribution in [1.29, 1.82) is 0 Å². The van der Waals surface area contributed by atoms with Crippen LogP contribution in [0.2, 0.25) is 0 Å². The summed E-state index contributed by atoms with van der Waals surface area (Å²) >= 11 is 0. The van der Waals surface area contributed by atoms with Crippen molar-refractivity contribution in [2.24, 2.45) is 0 Å². The monoisotopic (exact) mass is 143 g/mol. The number of hydrogen-bond acceptors (Lipinski definition) is 3. The van der Waals surface area contributed by atoms with Crippen molar-refractivity contribution in [3.8, 4) is 0 Å². The van der Waals surface area contributed by atoms with E-state index >= 15 is 0 Å². The Kier molecular flexibility index (Phi) is 2.43. The van der Waals surface area contributed by atoms with Crippen molar-refractivity contribution in [3.63, 3.8) is 0 Å². The van der Waals surface area contributed by atoms with E-state index in [1.54, 1.807) is 0 Å². The maximum atomic E-state index is 10.4. The van der Waals surface area contributed by atoms with Crippen LogP contribution in [-0.4, -0.2) is 9.97 Å². The number of hydrogen-bond donors (Lipinski definition) is 3. The predicted octanol–water partition coefficient (Wildman–Crippen LogP) is -0.718. The summed E-state index contributed by atoms with van der Waals surface area (Å²) in [6.07, 6.45) is 0. The summed E-state index contributed by atoms with van der Waals surface area (Å²) in [6, 6.07) is 1.10. The van der Waals surface area contributed by atoms with Gasteiger partial charge in [-0.05, 0) is 0 Å². The summed E-state index contributed by atoms with van der Waals surface area (Å²) in [5.74, 6) is 0.0729. The van der Waals surface area contributed by atoms with E-state index < -0.39 is 11.2 Å². The Morgan fingerprint density at radius 1 is 1.30 bits per heavy atom. The SMILES string of the molecule is C.Nc1cc(=O)[nH]c(=O)[nH]1. The topological polar surface area (TPSA) is 91.7 Å². The zero-order valence-electron chi connectivity index (χ0n) is 4.47. The molecule has 0 atom stereocenters. The number of aromatic amines is 2. The smallest absolute Gasteiger partial charge is 0.327 e. The lowest BCUT2D eigenvalue weighted by Crippen LogP contribution is -2.22. The van der Waals surface area contributed by atoms with E-state index in [1.165, 1.54) is 0 Å². The second-order valence-electron chi connectivity index (χ2n) is 1.54. The molecule has 1 aromatic rings. The molecule has 0 aliphatic heterocycles. The standard InChI is InChI=1S/C4H5N3O2.CH4/c5-2-1-3(8)7-4(9)6-2;/h1H,(H4,5,6,7,8,9);1H4. The molecule has 0 radical (unpaired) electrons. The lowest BCUT2D eigenvalue weighted by atomic mass is 10.6. The molecule has 56 valence electrons. The molecule has 0 aliphatic rings. The fourth-order valence-electron chi connectivity index (χ4n) is 0.488. The van der Waals surface area contributed by atoms with Crippen LogP contribution in [0.3, 0.4) is 0 Å². The van der Waals surface area contributed by atoms with Crippen molar-refractivity contribution in [2.75, 3.05) is 5.73 Å². The highest BCUT2D eigenvalue weighted by atomic mass is 16.2. The van der Waals surface area contributed by atoms with E-state index in [1.807, 2.05) is 4.98 Å². The molecule has 0 amide bonds. The summed E-state index contributed by atoms with van der Waals surface area (Å²) in [5.41, 5.74) is 4.01. The molecule has 0 aliphatic carbocycles. The van der Waals surface area contributed by atoms with Gasteiger partial charge in [0.05, 0.1) is 0 Å². The molecule has 5 heteroatoms. The van der Waals surface area contributed by atoms with Crippen molar-refractivity contribution in [2.45, 2.75) is 7.43 Å². The van der Waals surface area contributed by atoms with Gasteiger partial charge in [-0.2, -0.15) is 0 Å². The van der Waals surface area contributed by atoms with Crippen molar-refractivity contribution >= 4 is 5.82 Å². The third-order valence-electron chi connectivity index (χ3n) is 0.781. The number of anilines is 1. The van der Waals surface area contributed by atoms with Crippen LogP contribution in [0.4, 0.5) is 5.82 Å². The fraction of sp³-hybridized carbons (Fsp3) is 0.200. The van der Waals surface area contributed by atoms with Crippen LogP contribution in [0.1, 0.15) is 7.43 Å². The third kappa shape index (κ3) is 1.77. The van der Waals surface area contributed by atoms with E-state index in [0.717, 1.165) is 6.07 Å². The summed E-state index contributed by atoms with van der Waals surface area (Å²) in [5, 5.41) is 0. The fourth-order valence-corrected chi connectivity index (χ4v) is 0.488. The minimum atomic E-state index is -0.583. The van der Waals surface area contributed by atoms with Gasteiger partial charge in [-0.1, -0.05) is 7.43 Å². The molecular weight excluding hydrogens is 134 g/mol. The van der Waals surface area contributed by atoms with Gasteiger partial charge in [-0.3, -0.25) is 14.8 Å². The minimum Gasteiger partial charge on any atom is -0.385 e. The third-order valence-corrected chi connectivity index (χ3v) is 0.781. The van der Waals surface area contributed by atoms with Gasteiger partial charge in [0.1, 0.15) is 5.82 Å². The van der Waals surface area contributed by atoms with Crippen LogP contribution in [0.25, 0.3) is 0 Å². The molecule has 4 N–H and O–H groups in total. The predicted molar refractivity (Wildman–Crippen MR) is 38.8 cm³/mol. The molecule has 0 fully saturated rings. The zero-order chi connectivity index (χ0) is 6.85. The van der Waals surface area contributed by atoms with Crippen LogP contribution in [-0.2, 0) is 0 Å². The van der Waals surface area contributed by atoms with Gasteiger partial charge in [0.15, 0.2) is 0 Å². The lowest BCUT2D eigenvalue weighted by molar-refractivity contribution is 1.05. The van der Waals surface area contributed by atoms with Crippen LogP contribution >= 0.6 is 0 Å². The van der Waals surface area contributed by atoms with Gasteiger partial charge in [-0.25, -0.2) is 4.79 Å². The maximum Gasteiger partial charge on any atom is 0.327 e. The zero-order valence-corrected chi connectivity index (χ0v) is 4.47. The average Bonchev–Trinajstić information content (AvgIpc) is 1.59. The Bertz CT molecular complexity index is 283. The highest BCUT2D eigenvalue weighted by Crippen LogP contribution is 1.77. The number of rotatable bonds is 0. The summed E-state index contributed by atoms with van der Waals surface area (Å²) in [7, 11) is 0. The van der Waals surface area contributed by atoms with Crippen LogP contribution in [0.15, 0.2) is 15.7 Å². The first-order chi connectivity index (χ1) is 4.18. The van der Waals surface area contributed by atoms with Gasteiger partial charge in [-0.15, -0.1) is 0 Å². The Labute approximate surface area is 56.9 Å². The normalized spacial score (nSPS) is 8.40. The van der Waals surface area contributed by atoms with Gasteiger partial charge >= 0.3 is 5.69 Å². The number of aromatic nitrogens is 2. The Balaban J connectivity index is 0.000000810. The summed E-state index contributed by atoms with van der Waals surface area (Å²) in [4.78, 5) is 24.8. The Morgan fingerprint density at radius 3 is 2.30 bits per heavy atom. The molecular formula is C5H9N3O2. The summed E-state index contributed by atoms with van der Waals surface area (Å²) < 4.78 is 0. The molecule has 10 heavy (non-hydrogen) atoms. The second-order valence-corrected chi connectivity index (χ2v) is 1.54. The first-order valence-electron chi connectivity index (χ1n) is 2.27. The first kappa shape index (κ1) is 8.48. The minimum absolute atomic E-state index is 0. The molecule has 1 rings (SSSR count).